The summed E-state index contributed by atoms with van der Waals surface area (Å²) in [5.41, 5.74) is -44.4. The van der Waals surface area contributed by atoms with E-state index in [2.05, 4.69) is 0 Å². The maximum atomic E-state index is 14.8. The molecular weight excluding hydrogens is 1040 g/mol. The number of aromatic hydroxyl groups is 1. The van der Waals surface area contributed by atoms with Gasteiger partial charge >= 0.3 is 49.4 Å². The van der Waals surface area contributed by atoms with Crippen molar-refractivity contribution < 1.29 is 131 Å². The van der Waals surface area contributed by atoms with Gasteiger partial charge in [0, 0.05) is 28.4 Å². The molecule has 0 unspecified atom stereocenters. The summed E-state index contributed by atoms with van der Waals surface area (Å²) in [6.07, 6.45) is -59.6. The fourth-order valence-corrected chi connectivity index (χ4v) is 7.77. The number of hydrogen-bond donors (Lipinski definition) is 5. The quantitative estimate of drug-likeness (QED) is 0.130. The number of aryl methyl sites for hydroxylation is 3. The number of benzene rings is 3. The van der Waals surface area contributed by atoms with E-state index in [1.165, 1.54) is 0 Å². The van der Waals surface area contributed by atoms with Crippen LogP contribution in [0.15, 0.2) is 48.5 Å². The van der Waals surface area contributed by atoms with Crippen LogP contribution in [0.25, 0.3) is 5.57 Å². The standard InChI is InChI=1S/C42H36F24O5/c1-17-10-21(8-9-24(17)20(15-31(68,35(43,44)45)36(46,47)48)16-32(69,37(49,50)51)38(52,53)54)29(4,5)22-11-18(2)27(25(13-22)33(70,39(55,56)57)40(58,59)60)30(6,7)23-12-19(3)28(67)26(14-23)34(71,41(61,62)63)42(64,65)66/h8-15,67-71H,16H2,1-7H3/b20-15+. The molecule has 3 rings (SSSR count). The number of halogens is 24. The van der Waals surface area contributed by atoms with Gasteiger partial charge in [-0.25, -0.2) is 0 Å². The average Bonchev–Trinajstić information content (AvgIpc) is 3.13. The minimum absolute atomic E-state index is 0.0326. The van der Waals surface area contributed by atoms with Crippen molar-refractivity contribution in [1.29, 1.82) is 0 Å². The van der Waals surface area contributed by atoms with Gasteiger partial charge in [0.2, 0.25) is 0 Å². The molecule has 0 heterocycles. The molecule has 71 heavy (non-hydrogen) atoms. The molecule has 0 aliphatic rings. The van der Waals surface area contributed by atoms with Crippen LogP contribution in [0.1, 0.15) is 89.8 Å². The largest absolute Gasteiger partial charge is 0.507 e. The molecule has 0 aliphatic heterocycles. The highest BCUT2D eigenvalue weighted by Crippen LogP contribution is 2.58. The molecular formula is C42H36F24O5. The van der Waals surface area contributed by atoms with E-state index in [1.54, 1.807) is 0 Å². The predicted octanol–water partition coefficient (Wildman–Crippen LogP) is 13.1. The topological polar surface area (TPSA) is 101 Å². The van der Waals surface area contributed by atoms with Crippen LogP contribution < -0.4 is 0 Å². The minimum atomic E-state index is -6.95. The van der Waals surface area contributed by atoms with Gasteiger partial charge in [-0.2, -0.15) is 105 Å². The van der Waals surface area contributed by atoms with Gasteiger partial charge in [-0.3, -0.25) is 0 Å². The second-order valence-corrected chi connectivity index (χ2v) is 17.6. The van der Waals surface area contributed by atoms with E-state index in [4.69, 9.17) is 0 Å². The molecule has 0 spiro atoms. The fourth-order valence-electron chi connectivity index (χ4n) is 7.77. The van der Waals surface area contributed by atoms with E-state index in [0.29, 0.717) is 58.9 Å². The smallest absolute Gasteiger partial charge is 0.430 e. The Morgan fingerprint density at radius 3 is 1.14 bits per heavy atom. The normalized spacial score (nSPS) is 15.5. The zero-order valence-corrected chi connectivity index (χ0v) is 36.6. The molecule has 0 bridgehead atoms. The summed E-state index contributed by atoms with van der Waals surface area (Å²) < 4.78 is 339. The molecule has 3 aromatic rings. The number of alkyl halides is 24. The van der Waals surface area contributed by atoms with Crippen LogP contribution in [-0.4, -0.2) is 86.1 Å². The molecule has 0 aliphatic carbocycles. The third-order valence-electron chi connectivity index (χ3n) is 12.1. The van der Waals surface area contributed by atoms with Gasteiger partial charge < -0.3 is 25.5 Å². The number of phenols is 1. The molecule has 3 aromatic carbocycles. The lowest BCUT2D eigenvalue weighted by molar-refractivity contribution is -0.377. The molecule has 0 saturated carbocycles. The van der Waals surface area contributed by atoms with Gasteiger partial charge in [-0.15, -0.1) is 0 Å². The second kappa shape index (κ2) is 17.5. The number of rotatable bonds is 10. The maximum absolute atomic E-state index is 14.8. The van der Waals surface area contributed by atoms with Crippen LogP contribution in [0.5, 0.6) is 5.75 Å². The second-order valence-electron chi connectivity index (χ2n) is 17.6. The first-order valence-electron chi connectivity index (χ1n) is 19.2. The Labute approximate surface area is 384 Å². The SMILES string of the molecule is Cc1cc(C(C)(C)c2cc(C)c(C(C)(C)c3cc(C)c(O)c(C(O)(C(F)(F)F)C(F)(F)F)c3)c(C(O)(C(F)(F)F)C(F)(F)F)c2)ccc1/C(=C/C(O)(C(F)(F)F)C(F)(F)F)CC(O)(C(F)(F)F)C(F)(F)F. The van der Waals surface area contributed by atoms with Crippen molar-refractivity contribution in [3.8, 4) is 5.75 Å². The first-order chi connectivity index (χ1) is 31.0. The van der Waals surface area contributed by atoms with E-state index in [0.717, 1.165) is 13.8 Å². The van der Waals surface area contributed by atoms with Crippen LogP contribution in [0.3, 0.4) is 0 Å². The Bertz CT molecular complexity index is 2450. The molecule has 0 atom stereocenters. The van der Waals surface area contributed by atoms with Crippen LogP contribution in [-0.2, 0) is 22.0 Å². The molecule has 29 heteroatoms. The van der Waals surface area contributed by atoms with Gasteiger partial charge in [0.05, 0.1) is 0 Å². The molecule has 402 valence electrons. The molecule has 0 fully saturated rings. The van der Waals surface area contributed by atoms with Crippen molar-refractivity contribution >= 4 is 5.57 Å². The van der Waals surface area contributed by atoms with Crippen molar-refractivity contribution in [2.45, 2.75) is 138 Å². The summed E-state index contributed by atoms with van der Waals surface area (Å²) in [5.74, 6) is -1.89. The first-order valence-corrected chi connectivity index (χ1v) is 19.2. The highest BCUT2D eigenvalue weighted by atomic mass is 19.4. The van der Waals surface area contributed by atoms with Crippen molar-refractivity contribution in [3.05, 3.63) is 104 Å². The van der Waals surface area contributed by atoms with Crippen LogP contribution in [0.2, 0.25) is 0 Å². The van der Waals surface area contributed by atoms with Crippen molar-refractivity contribution in [2.24, 2.45) is 0 Å². The van der Waals surface area contributed by atoms with Crippen molar-refractivity contribution in [2.75, 3.05) is 0 Å². The van der Waals surface area contributed by atoms with Gasteiger partial charge in [-0.05, 0) is 83.0 Å². The molecule has 0 aromatic heterocycles. The summed E-state index contributed by atoms with van der Waals surface area (Å²) in [6.45, 7) is 4.98. The molecule has 0 amide bonds. The monoisotopic (exact) mass is 1080 g/mol. The number of phenolic OH excluding ortho intramolecular Hbond substituents is 1. The van der Waals surface area contributed by atoms with Crippen molar-refractivity contribution in [1.82, 2.24) is 0 Å². The summed E-state index contributed by atoms with van der Waals surface area (Å²) in [4.78, 5) is 0. The van der Waals surface area contributed by atoms with Gasteiger partial charge in [0.1, 0.15) is 5.75 Å². The predicted molar refractivity (Wildman–Crippen MR) is 198 cm³/mol. The highest BCUT2D eigenvalue weighted by Gasteiger charge is 2.75. The summed E-state index contributed by atoms with van der Waals surface area (Å²) in [5, 5.41) is 51.1. The van der Waals surface area contributed by atoms with E-state index < -0.39 is 162 Å². The fraction of sp³-hybridized carbons (Fsp3) is 0.524. The lowest BCUT2D eigenvalue weighted by atomic mass is 9.67. The first kappa shape index (κ1) is 60.7. The highest BCUT2D eigenvalue weighted by molar-refractivity contribution is 5.71. The van der Waals surface area contributed by atoms with Gasteiger partial charge in [-0.1, -0.05) is 64.1 Å². The number of hydrogen-bond acceptors (Lipinski definition) is 5. The van der Waals surface area contributed by atoms with Crippen molar-refractivity contribution in [3.63, 3.8) is 0 Å². The van der Waals surface area contributed by atoms with Crippen LogP contribution in [0.4, 0.5) is 105 Å². The molecule has 0 saturated heterocycles. The Balaban J connectivity index is 2.59. The summed E-state index contributed by atoms with van der Waals surface area (Å²) >= 11 is 0. The third kappa shape index (κ3) is 9.95. The minimum Gasteiger partial charge on any atom is -0.507 e. The summed E-state index contributed by atoms with van der Waals surface area (Å²) in [6, 6.07) is 2.15. The zero-order valence-electron chi connectivity index (χ0n) is 36.6. The van der Waals surface area contributed by atoms with Crippen LogP contribution in [0, 0.1) is 20.8 Å². The number of aliphatic hydroxyl groups is 4. The zero-order chi connectivity index (χ0) is 56.3. The lowest BCUT2D eigenvalue weighted by Gasteiger charge is -2.41. The van der Waals surface area contributed by atoms with E-state index >= 15 is 0 Å². The Hall–Kier alpha value is -4.64. The third-order valence-corrected chi connectivity index (χ3v) is 12.1. The van der Waals surface area contributed by atoms with E-state index in [9.17, 15) is 131 Å². The Morgan fingerprint density at radius 2 is 0.775 bits per heavy atom. The van der Waals surface area contributed by atoms with E-state index in [-0.39, 0.29) is 18.2 Å². The van der Waals surface area contributed by atoms with Gasteiger partial charge in [0.15, 0.2) is 0 Å². The van der Waals surface area contributed by atoms with Gasteiger partial charge in [0.25, 0.3) is 22.4 Å². The van der Waals surface area contributed by atoms with E-state index in [1.807, 2.05) is 0 Å². The average molecular weight is 1080 g/mol. The van der Waals surface area contributed by atoms with Crippen LogP contribution >= 0.6 is 0 Å². The summed E-state index contributed by atoms with van der Waals surface area (Å²) in [7, 11) is 0. The molecule has 5 N–H and O–H groups in total. The Morgan fingerprint density at radius 1 is 0.423 bits per heavy atom. The molecule has 0 radical (unpaired) electrons. The maximum Gasteiger partial charge on any atom is 0.430 e. The lowest BCUT2D eigenvalue weighted by Crippen LogP contribution is -2.58. The Kier molecular flexibility index (Phi) is 15.0. The molecule has 5 nitrogen and oxygen atoms in total.